The minimum Gasteiger partial charge on any atom is -0.267 e. The molecule has 1 N–H and O–H groups in total. The number of aromatic nitrogens is 8. The van der Waals surface area contributed by atoms with Gasteiger partial charge in [-0.05, 0) is 27.6 Å². The maximum atomic E-state index is 4.66. The Hall–Kier alpha value is -3.07. The Balaban J connectivity index is 1.56. The predicted octanol–water partition coefficient (Wildman–Crippen LogP) is 2.67. The molecule has 9 heteroatoms. The molecule has 0 fully saturated rings. The zero-order valence-corrected chi connectivity index (χ0v) is 14.4. The number of nitrogens with one attached hydrogen (secondary N) is 1. The number of aromatic amines is 1. The largest absolute Gasteiger partial charge is 0.267 e. The monoisotopic (exact) mass is 394 g/mol. The summed E-state index contributed by atoms with van der Waals surface area (Å²) in [6.07, 6.45) is 7.06. The number of benzene rings is 1. The van der Waals surface area contributed by atoms with E-state index in [2.05, 4.69) is 58.4 Å². The fourth-order valence-electron chi connectivity index (χ4n) is 2.78. The van der Waals surface area contributed by atoms with Crippen LogP contribution in [0.4, 0.5) is 0 Å². The lowest BCUT2D eigenvalue weighted by Gasteiger charge is -2.03. The smallest absolute Gasteiger partial charge is 0.182 e. The zero-order chi connectivity index (χ0) is 16.8. The third-order valence-electron chi connectivity index (χ3n) is 3.92. The van der Waals surface area contributed by atoms with E-state index in [4.69, 9.17) is 0 Å². The van der Waals surface area contributed by atoms with Crippen molar-refractivity contribution < 1.29 is 0 Å². The van der Waals surface area contributed by atoms with Gasteiger partial charge in [0.2, 0.25) is 0 Å². The average Bonchev–Trinajstić information content (AvgIpc) is 3.33. The topological polar surface area (TPSA) is 89.6 Å². The molecule has 5 rings (SSSR count). The molecule has 1 aromatic carbocycles. The Kier molecular flexibility index (Phi) is 3.14. The number of rotatable bonds is 3. The van der Waals surface area contributed by atoms with Crippen molar-refractivity contribution >= 4 is 32.6 Å². The van der Waals surface area contributed by atoms with Gasteiger partial charge in [-0.25, -0.2) is 14.5 Å². The van der Waals surface area contributed by atoms with Crippen LogP contribution in [0.2, 0.25) is 0 Å². The molecule has 0 atom stereocenters. The summed E-state index contributed by atoms with van der Waals surface area (Å²) in [7, 11) is 0. The van der Waals surface area contributed by atoms with E-state index in [-0.39, 0.29) is 0 Å². The summed E-state index contributed by atoms with van der Waals surface area (Å²) in [5, 5.41) is 16.5. The molecular formula is C16H11BrN8. The van der Waals surface area contributed by atoms with Crippen LogP contribution in [0.1, 0.15) is 5.56 Å². The van der Waals surface area contributed by atoms with Crippen molar-refractivity contribution in [1.29, 1.82) is 0 Å². The molecule has 0 bridgehead atoms. The Morgan fingerprint density at radius 2 is 2.16 bits per heavy atom. The molecule has 0 aliphatic rings. The van der Waals surface area contributed by atoms with Gasteiger partial charge in [-0.1, -0.05) is 18.2 Å². The van der Waals surface area contributed by atoms with Crippen molar-refractivity contribution in [3.8, 4) is 11.4 Å². The molecule has 0 unspecified atom stereocenters. The van der Waals surface area contributed by atoms with Crippen molar-refractivity contribution in [2.45, 2.75) is 6.54 Å². The summed E-state index contributed by atoms with van der Waals surface area (Å²) < 4.78 is 4.51. The van der Waals surface area contributed by atoms with Crippen LogP contribution in [0.15, 0.2) is 53.7 Å². The van der Waals surface area contributed by atoms with Crippen LogP contribution < -0.4 is 0 Å². The Morgan fingerprint density at radius 1 is 1.20 bits per heavy atom. The summed E-state index contributed by atoms with van der Waals surface area (Å²) in [5.41, 5.74) is 3.50. The highest BCUT2D eigenvalue weighted by Crippen LogP contribution is 2.21. The van der Waals surface area contributed by atoms with Crippen molar-refractivity contribution in [1.82, 2.24) is 39.6 Å². The first-order valence-corrected chi connectivity index (χ1v) is 8.37. The van der Waals surface area contributed by atoms with Gasteiger partial charge >= 0.3 is 0 Å². The molecule has 0 radical (unpaired) electrons. The Bertz CT molecular complexity index is 1200. The van der Waals surface area contributed by atoms with E-state index in [1.807, 2.05) is 23.0 Å². The normalized spacial score (nSPS) is 11.6. The number of nitrogens with zero attached hydrogens (tertiary/aromatic N) is 7. The van der Waals surface area contributed by atoms with E-state index in [0.29, 0.717) is 18.0 Å². The average molecular weight is 395 g/mol. The van der Waals surface area contributed by atoms with Crippen LogP contribution in [0.25, 0.3) is 28.1 Å². The highest BCUT2D eigenvalue weighted by Gasteiger charge is 2.11. The molecule has 8 nitrogen and oxygen atoms in total. The minimum absolute atomic E-state index is 0.652. The quantitative estimate of drug-likeness (QED) is 0.507. The first-order valence-electron chi connectivity index (χ1n) is 7.58. The maximum Gasteiger partial charge on any atom is 0.182 e. The highest BCUT2D eigenvalue weighted by atomic mass is 79.9. The van der Waals surface area contributed by atoms with Gasteiger partial charge in [0.1, 0.15) is 6.33 Å². The summed E-state index contributed by atoms with van der Waals surface area (Å²) in [4.78, 5) is 8.94. The second kappa shape index (κ2) is 5.49. The fraction of sp³-hybridized carbons (Fsp3) is 0.0625. The van der Waals surface area contributed by atoms with Crippen molar-refractivity contribution in [2.75, 3.05) is 0 Å². The lowest BCUT2D eigenvalue weighted by molar-refractivity contribution is 0.687. The van der Waals surface area contributed by atoms with Crippen LogP contribution in [0.5, 0.6) is 0 Å². The summed E-state index contributed by atoms with van der Waals surface area (Å²) in [5.74, 6) is 0.652. The van der Waals surface area contributed by atoms with E-state index < -0.39 is 0 Å². The lowest BCUT2D eigenvalue weighted by Crippen LogP contribution is -1.99. The van der Waals surface area contributed by atoms with Gasteiger partial charge in [0.05, 0.1) is 28.8 Å². The fourth-order valence-corrected chi connectivity index (χ4v) is 3.11. The number of halogens is 1. The van der Waals surface area contributed by atoms with Gasteiger partial charge < -0.3 is 0 Å². The van der Waals surface area contributed by atoms with Gasteiger partial charge in [-0.3, -0.25) is 9.78 Å². The molecule has 4 aromatic heterocycles. The Labute approximate surface area is 149 Å². The van der Waals surface area contributed by atoms with Gasteiger partial charge in [-0.2, -0.15) is 10.2 Å². The summed E-state index contributed by atoms with van der Waals surface area (Å²) in [6.45, 7) is 0.681. The number of H-pyrrole nitrogens is 1. The third-order valence-corrected chi connectivity index (χ3v) is 4.33. The molecule has 0 aliphatic carbocycles. The first-order chi connectivity index (χ1) is 12.3. The van der Waals surface area contributed by atoms with E-state index in [9.17, 15) is 0 Å². The summed E-state index contributed by atoms with van der Waals surface area (Å²) in [6, 6.07) is 8.13. The maximum absolute atomic E-state index is 4.66. The zero-order valence-electron chi connectivity index (χ0n) is 12.8. The number of hydrogen-bond donors (Lipinski definition) is 1. The van der Waals surface area contributed by atoms with Crippen LogP contribution in [-0.2, 0) is 6.54 Å². The van der Waals surface area contributed by atoms with Crippen molar-refractivity contribution in [3.63, 3.8) is 0 Å². The number of fused-ring (bicyclic) bond motifs is 3. The van der Waals surface area contributed by atoms with Gasteiger partial charge in [-0.15, -0.1) is 5.10 Å². The van der Waals surface area contributed by atoms with Gasteiger partial charge in [0.15, 0.2) is 17.1 Å². The molecule has 0 amide bonds. The predicted molar refractivity (Wildman–Crippen MR) is 94.9 cm³/mol. The minimum atomic E-state index is 0.652. The standard InChI is InChI=1S/C16H11BrN8/c17-12-5-20-24(8-12)7-10-2-1-3-11(4-10)14-21-16-13-6-19-22-15(13)18-9-25(16)23-14/h1-6,8-9H,7H2,(H,19,22). The summed E-state index contributed by atoms with van der Waals surface area (Å²) >= 11 is 3.41. The van der Waals surface area contributed by atoms with E-state index >= 15 is 0 Å². The van der Waals surface area contributed by atoms with E-state index in [1.165, 1.54) is 0 Å². The molecule has 0 aliphatic heterocycles. The van der Waals surface area contributed by atoms with Gasteiger partial charge in [0.25, 0.3) is 0 Å². The molecule has 5 aromatic rings. The van der Waals surface area contributed by atoms with Crippen molar-refractivity contribution in [3.05, 3.63) is 59.2 Å². The molecule has 122 valence electrons. The molecule has 0 saturated heterocycles. The third kappa shape index (κ3) is 2.49. The SMILES string of the molecule is Brc1cnn(Cc2cccc(-c3nc4c5cn[nH]c5ncn4n3)c2)c1. The first kappa shape index (κ1) is 14.3. The highest BCUT2D eigenvalue weighted by molar-refractivity contribution is 9.10. The van der Waals surface area contributed by atoms with Gasteiger partial charge in [0, 0.05) is 11.8 Å². The van der Waals surface area contributed by atoms with E-state index in [1.54, 1.807) is 23.2 Å². The van der Waals surface area contributed by atoms with Crippen LogP contribution >= 0.6 is 15.9 Å². The second-order valence-corrected chi connectivity index (χ2v) is 6.55. The molecule has 25 heavy (non-hydrogen) atoms. The van der Waals surface area contributed by atoms with Crippen LogP contribution in [-0.4, -0.2) is 39.6 Å². The molecular weight excluding hydrogens is 384 g/mol. The van der Waals surface area contributed by atoms with Crippen LogP contribution in [0.3, 0.4) is 0 Å². The van der Waals surface area contributed by atoms with E-state index in [0.717, 1.165) is 26.6 Å². The van der Waals surface area contributed by atoms with Crippen molar-refractivity contribution in [2.24, 2.45) is 0 Å². The number of hydrogen-bond acceptors (Lipinski definition) is 5. The lowest BCUT2D eigenvalue weighted by atomic mass is 10.1. The van der Waals surface area contributed by atoms with Crippen LogP contribution in [0, 0.1) is 0 Å². The molecule has 0 spiro atoms. The Morgan fingerprint density at radius 3 is 3.04 bits per heavy atom. The molecule has 4 heterocycles. The molecule has 0 saturated carbocycles. The second-order valence-electron chi connectivity index (χ2n) is 5.64.